The Bertz CT molecular complexity index is 762. The van der Waals surface area contributed by atoms with Gasteiger partial charge in [0.2, 0.25) is 10.3 Å². The van der Waals surface area contributed by atoms with E-state index in [9.17, 15) is 4.79 Å². The summed E-state index contributed by atoms with van der Waals surface area (Å²) in [5.41, 5.74) is 7.22. The fourth-order valence-electron chi connectivity index (χ4n) is 1.72. The van der Waals surface area contributed by atoms with Crippen LogP contribution >= 0.6 is 11.3 Å². The van der Waals surface area contributed by atoms with E-state index in [0.717, 1.165) is 22.3 Å². The number of aromatic nitrogens is 2. The highest BCUT2D eigenvalue weighted by atomic mass is 32.1. The van der Waals surface area contributed by atoms with Gasteiger partial charge in [-0.3, -0.25) is 10.1 Å². The van der Waals surface area contributed by atoms with E-state index < -0.39 is 0 Å². The van der Waals surface area contributed by atoms with Crippen LogP contribution in [0.15, 0.2) is 28.7 Å². The molecule has 0 aliphatic carbocycles. The fraction of sp³-hybridized carbons (Fsp3) is 0.0833. The summed E-state index contributed by atoms with van der Waals surface area (Å²) >= 11 is 1.10. The number of aryl methyl sites for hydroxylation is 1. The Morgan fingerprint density at radius 2 is 2.21 bits per heavy atom. The number of fused-ring (bicyclic) bond motifs is 1. The van der Waals surface area contributed by atoms with Crippen LogP contribution < -0.4 is 11.1 Å². The maximum atomic E-state index is 12.0. The minimum Gasteiger partial charge on any atom is -0.451 e. The Hall–Kier alpha value is -2.41. The largest absolute Gasteiger partial charge is 0.451 e. The highest BCUT2D eigenvalue weighted by molar-refractivity contribution is 7.19. The molecule has 0 atom stereocenters. The van der Waals surface area contributed by atoms with Crippen LogP contribution in [0.4, 0.5) is 10.3 Å². The van der Waals surface area contributed by atoms with Gasteiger partial charge in [-0.1, -0.05) is 23.0 Å². The van der Waals surface area contributed by atoms with Crippen LogP contribution in [0.2, 0.25) is 0 Å². The Labute approximate surface area is 112 Å². The molecule has 0 saturated carbocycles. The number of carbonyl (C=O) groups is 1. The van der Waals surface area contributed by atoms with Gasteiger partial charge in [-0.2, -0.15) is 0 Å². The summed E-state index contributed by atoms with van der Waals surface area (Å²) in [6.07, 6.45) is 0. The fourth-order valence-corrected chi connectivity index (χ4v) is 2.22. The first kappa shape index (κ1) is 11.7. The molecule has 0 bridgehead atoms. The Morgan fingerprint density at radius 1 is 1.37 bits per heavy atom. The zero-order valence-corrected chi connectivity index (χ0v) is 10.8. The molecule has 2 heterocycles. The van der Waals surface area contributed by atoms with Gasteiger partial charge < -0.3 is 10.2 Å². The van der Waals surface area contributed by atoms with Crippen molar-refractivity contribution in [2.45, 2.75) is 6.92 Å². The summed E-state index contributed by atoms with van der Waals surface area (Å²) in [4.78, 5) is 12.0. The van der Waals surface area contributed by atoms with Crippen molar-refractivity contribution in [1.82, 2.24) is 10.2 Å². The molecule has 96 valence electrons. The van der Waals surface area contributed by atoms with E-state index in [2.05, 4.69) is 15.5 Å². The second-order valence-electron chi connectivity index (χ2n) is 4.05. The normalized spacial score (nSPS) is 10.8. The molecule has 19 heavy (non-hydrogen) atoms. The summed E-state index contributed by atoms with van der Waals surface area (Å²) < 4.78 is 5.48. The summed E-state index contributed by atoms with van der Waals surface area (Å²) in [5.74, 6) is -0.139. The van der Waals surface area contributed by atoms with E-state index in [1.807, 2.05) is 25.1 Å². The van der Waals surface area contributed by atoms with Crippen molar-refractivity contribution in [2.75, 3.05) is 11.1 Å². The van der Waals surface area contributed by atoms with Crippen LogP contribution in [0, 0.1) is 6.92 Å². The molecule has 1 amide bonds. The number of carbonyl (C=O) groups excluding carboxylic acids is 1. The minimum absolute atomic E-state index is 0.231. The number of benzene rings is 1. The minimum atomic E-state index is -0.370. The van der Waals surface area contributed by atoms with E-state index in [1.165, 1.54) is 0 Å². The van der Waals surface area contributed by atoms with Gasteiger partial charge in [-0.15, -0.1) is 10.2 Å². The van der Waals surface area contributed by atoms with Crippen molar-refractivity contribution in [3.8, 4) is 0 Å². The number of amides is 1. The van der Waals surface area contributed by atoms with Gasteiger partial charge in [0.05, 0.1) is 0 Å². The van der Waals surface area contributed by atoms with E-state index >= 15 is 0 Å². The van der Waals surface area contributed by atoms with Gasteiger partial charge in [0.1, 0.15) is 5.58 Å². The molecule has 3 N–H and O–H groups in total. The number of nitrogens with zero attached hydrogens (tertiary/aromatic N) is 2. The van der Waals surface area contributed by atoms with Crippen molar-refractivity contribution in [1.29, 1.82) is 0 Å². The van der Waals surface area contributed by atoms with Gasteiger partial charge >= 0.3 is 0 Å². The number of nitrogens with one attached hydrogen (secondary N) is 1. The summed E-state index contributed by atoms with van der Waals surface area (Å²) in [6, 6.07) is 7.42. The molecule has 7 heteroatoms. The third kappa shape index (κ3) is 2.27. The predicted molar refractivity (Wildman–Crippen MR) is 73.2 cm³/mol. The first-order valence-corrected chi connectivity index (χ1v) is 6.34. The smallest absolute Gasteiger partial charge is 0.293 e. The molecule has 0 aliphatic heterocycles. The first-order valence-electron chi connectivity index (χ1n) is 5.52. The van der Waals surface area contributed by atoms with Crippen LogP contribution in [0.3, 0.4) is 0 Å². The van der Waals surface area contributed by atoms with Crippen LogP contribution in [-0.2, 0) is 0 Å². The number of hydrogen-bond acceptors (Lipinski definition) is 6. The average molecular weight is 274 g/mol. The SMILES string of the molecule is Cc1ccc2oc(C(=O)Nc3nnc(N)s3)cc2c1. The number of hydrogen-bond donors (Lipinski definition) is 2. The molecular formula is C12H10N4O2S. The third-order valence-electron chi connectivity index (χ3n) is 2.56. The lowest BCUT2D eigenvalue weighted by atomic mass is 10.2. The number of nitrogen functional groups attached to an aromatic ring is 1. The monoisotopic (exact) mass is 274 g/mol. The molecular weight excluding hydrogens is 264 g/mol. The highest BCUT2D eigenvalue weighted by Gasteiger charge is 2.14. The maximum Gasteiger partial charge on any atom is 0.293 e. The lowest BCUT2D eigenvalue weighted by Crippen LogP contribution is -2.10. The Morgan fingerprint density at radius 3 is 2.95 bits per heavy atom. The molecule has 0 spiro atoms. The molecule has 6 nitrogen and oxygen atoms in total. The molecule has 0 radical (unpaired) electrons. The van der Waals surface area contributed by atoms with Crippen molar-refractivity contribution >= 4 is 38.5 Å². The highest BCUT2D eigenvalue weighted by Crippen LogP contribution is 2.22. The maximum absolute atomic E-state index is 12.0. The standard InChI is InChI=1S/C12H10N4O2S/c1-6-2-3-8-7(4-6)5-9(18-8)10(17)14-12-16-15-11(13)19-12/h2-5H,1H3,(H2,13,15)(H,14,16,17). The second kappa shape index (κ2) is 4.36. The topological polar surface area (TPSA) is 94.0 Å². The second-order valence-corrected chi connectivity index (χ2v) is 5.06. The van der Waals surface area contributed by atoms with Crippen molar-refractivity contribution < 1.29 is 9.21 Å². The third-order valence-corrected chi connectivity index (χ3v) is 3.22. The van der Waals surface area contributed by atoms with E-state index in [0.29, 0.717) is 15.8 Å². The van der Waals surface area contributed by atoms with Gasteiger partial charge in [-0.25, -0.2) is 0 Å². The number of rotatable bonds is 2. The van der Waals surface area contributed by atoms with E-state index in [1.54, 1.807) is 6.07 Å². The van der Waals surface area contributed by atoms with Gasteiger partial charge in [0.15, 0.2) is 5.76 Å². The molecule has 0 fully saturated rings. The van der Waals surface area contributed by atoms with E-state index in [-0.39, 0.29) is 11.7 Å². The van der Waals surface area contributed by atoms with Gasteiger partial charge in [-0.05, 0) is 25.1 Å². The van der Waals surface area contributed by atoms with Crippen LogP contribution in [-0.4, -0.2) is 16.1 Å². The molecule has 3 aromatic rings. The average Bonchev–Trinajstić information content (AvgIpc) is 2.95. The number of nitrogens with two attached hydrogens (primary N) is 1. The molecule has 0 aliphatic rings. The molecule has 0 unspecified atom stereocenters. The van der Waals surface area contributed by atoms with Gasteiger partial charge in [0, 0.05) is 5.39 Å². The molecule has 0 saturated heterocycles. The van der Waals surface area contributed by atoms with Crippen LogP contribution in [0.25, 0.3) is 11.0 Å². The quantitative estimate of drug-likeness (QED) is 0.748. The Kier molecular flexibility index (Phi) is 2.68. The van der Waals surface area contributed by atoms with Crippen molar-refractivity contribution in [3.63, 3.8) is 0 Å². The number of anilines is 2. The lowest BCUT2D eigenvalue weighted by molar-refractivity contribution is 0.0998. The molecule has 3 rings (SSSR count). The predicted octanol–water partition coefficient (Wildman–Crippen LogP) is 2.43. The number of furan rings is 1. The Balaban J connectivity index is 1.89. The lowest BCUT2D eigenvalue weighted by Gasteiger charge is -1.95. The molecule has 2 aromatic heterocycles. The molecule has 1 aromatic carbocycles. The van der Waals surface area contributed by atoms with Crippen molar-refractivity contribution in [3.05, 3.63) is 35.6 Å². The summed E-state index contributed by atoms with van der Waals surface area (Å²) in [7, 11) is 0. The summed E-state index contributed by atoms with van der Waals surface area (Å²) in [6.45, 7) is 1.98. The van der Waals surface area contributed by atoms with Gasteiger partial charge in [0.25, 0.3) is 5.91 Å². The summed E-state index contributed by atoms with van der Waals surface area (Å²) in [5, 5.41) is 11.5. The van der Waals surface area contributed by atoms with E-state index in [4.69, 9.17) is 10.2 Å². The van der Waals surface area contributed by atoms with Crippen LogP contribution in [0.5, 0.6) is 0 Å². The van der Waals surface area contributed by atoms with Crippen LogP contribution in [0.1, 0.15) is 16.1 Å². The zero-order valence-electron chi connectivity index (χ0n) is 10.0. The first-order chi connectivity index (χ1) is 9.11. The van der Waals surface area contributed by atoms with Crippen molar-refractivity contribution in [2.24, 2.45) is 0 Å². The zero-order chi connectivity index (χ0) is 13.4.